The molecular weight excluding hydrogens is 224 g/mol. The van der Waals surface area contributed by atoms with E-state index in [-0.39, 0.29) is 11.0 Å². The second-order valence-electron chi connectivity index (χ2n) is 7.43. The Kier molecular flexibility index (Phi) is 3.04. The Balaban J connectivity index is 1.65. The lowest BCUT2D eigenvalue weighted by Crippen LogP contribution is -2.43. The van der Waals surface area contributed by atoms with Gasteiger partial charge in [-0.25, -0.2) is 0 Å². The minimum Gasteiger partial charge on any atom is -0.375 e. The molecule has 2 aliphatic carbocycles. The zero-order valence-corrected chi connectivity index (χ0v) is 11.8. The standard InChI is InChI=1S/C16H26O2/c1-15(2)11-13(15)14(17)12-6-9-18-16(10-12)7-4-3-5-8-16/h12-13H,3-11H2,1-2H3. The predicted octanol–water partition coefficient (Wildman–Crippen LogP) is 3.73. The van der Waals surface area contributed by atoms with Crippen LogP contribution in [0.3, 0.4) is 0 Å². The van der Waals surface area contributed by atoms with E-state index < -0.39 is 0 Å². The summed E-state index contributed by atoms with van der Waals surface area (Å²) in [7, 11) is 0. The SMILES string of the molecule is CC1(C)CC1C(=O)C1CCOC2(CCCCC2)C1. The molecule has 0 aromatic rings. The molecule has 2 saturated carbocycles. The van der Waals surface area contributed by atoms with Crippen LogP contribution in [0.4, 0.5) is 0 Å². The van der Waals surface area contributed by atoms with E-state index in [0.29, 0.717) is 17.6 Å². The van der Waals surface area contributed by atoms with E-state index in [1.54, 1.807) is 0 Å². The molecule has 102 valence electrons. The summed E-state index contributed by atoms with van der Waals surface area (Å²) in [6.07, 6.45) is 9.38. The molecule has 1 saturated heterocycles. The van der Waals surface area contributed by atoms with Crippen LogP contribution < -0.4 is 0 Å². The average molecular weight is 250 g/mol. The summed E-state index contributed by atoms with van der Waals surface area (Å²) >= 11 is 0. The van der Waals surface area contributed by atoms with Crippen molar-refractivity contribution in [3.05, 3.63) is 0 Å². The summed E-state index contributed by atoms with van der Waals surface area (Å²) in [6.45, 7) is 5.26. The zero-order chi connectivity index (χ0) is 12.8. The van der Waals surface area contributed by atoms with Gasteiger partial charge in [0.2, 0.25) is 0 Å². The van der Waals surface area contributed by atoms with Gasteiger partial charge < -0.3 is 4.74 Å². The van der Waals surface area contributed by atoms with Crippen LogP contribution in [0.15, 0.2) is 0 Å². The highest BCUT2D eigenvalue weighted by molar-refractivity contribution is 5.86. The quantitative estimate of drug-likeness (QED) is 0.746. The van der Waals surface area contributed by atoms with Crippen molar-refractivity contribution < 1.29 is 9.53 Å². The largest absolute Gasteiger partial charge is 0.375 e. The number of rotatable bonds is 2. The molecule has 0 aromatic carbocycles. The highest BCUT2D eigenvalue weighted by Gasteiger charge is 2.53. The fourth-order valence-electron chi connectivity index (χ4n) is 4.05. The highest BCUT2D eigenvalue weighted by atomic mass is 16.5. The third-order valence-corrected chi connectivity index (χ3v) is 5.52. The first-order chi connectivity index (χ1) is 8.53. The number of hydrogen-bond donors (Lipinski definition) is 0. The maximum Gasteiger partial charge on any atom is 0.139 e. The minimum atomic E-state index is 0.0792. The molecule has 0 N–H and O–H groups in total. The average Bonchev–Trinajstić information content (AvgIpc) is 2.98. The molecule has 0 aromatic heterocycles. The predicted molar refractivity (Wildman–Crippen MR) is 71.4 cm³/mol. The van der Waals surface area contributed by atoms with E-state index in [2.05, 4.69) is 13.8 Å². The van der Waals surface area contributed by atoms with Crippen molar-refractivity contribution in [1.29, 1.82) is 0 Å². The van der Waals surface area contributed by atoms with E-state index in [0.717, 1.165) is 25.9 Å². The summed E-state index contributed by atoms with van der Waals surface area (Å²) in [5, 5.41) is 0. The van der Waals surface area contributed by atoms with Gasteiger partial charge in [0.15, 0.2) is 0 Å². The minimum absolute atomic E-state index is 0.0792. The lowest BCUT2D eigenvalue weighted by molar-refractivity contribution is -0.144. The Labute approximate surface area is 110 Å². The molecule has 2 nitrogen and oxygen atoms in total. The highest BCUT2D eigenvalue weighted by Crippen LogP contribution is 2.54. The molecule has 2 heteroatoms. The lowest BCUT2D eigenvalue weighted by Gasteiger charge is -2.43. The molecular formula is C16H26O2. The zero-order valence-electron chi connectivity index (χ0n) is 11.8. The molecule has 1 aliphatic heterocycles. The third kappa shape index (κ3) is 2.24. The molecule has 0 bridgehead atoms. The van der Waals surface area contributed by atoms with Crippen molar-refractivity contribution >= 4 is 5.78 Å². The van der Waals surface area contributed by atoms with Gasteiger partial charge in [-0.05, 0) is 37.5 Å². The van der Waals surface area contributed by atoms with Crippen molar-refractivity contribution in [3.63, 3.8) is 0 Å². The number of carbonyl (C=O) groups excluding carboxylic acids is 1. The van der Waals surface area contributed by atoms with Gasteiger partial charge in [0, 0.05) is 18.4 Å². The number of ether oxygens (including phenoxy) is 1. The van der Waals surface area contributed by atoms with Crippen LogP contribution in [-0.4, -0.2) is 18.0 Å². The number of hydrogen-bond acceptors (Lipinski definition) is 2. The fraction of sp³-hybridized carbons (Fsp3) is 0.938. The lowest BCUT2D eigenvalue weighted by atomic mass is 9.74. The molecule has 18 heavy (non-hydrogen) atoms. The van der Waals surface area contributed by atoms with Gasteiger partial charge in [0.25, 0.3) is 0 Å². The van der Waals surface area contributed by atoms with Gasteiger partial charge in [0.05, 0.1) is 5.60 Å². The maximum absolute atomic E-state index is 12.5. The summed E-state index contributed by atoms with van der Waals surface area (Å²) in [5.74, 6) is 1.19. The maximum atomic E-state index is 12.5. The van der Waals surface area contributed by atoms with Gasteiger partial charge in [-0.15, -0.1) is 0 Å². The fourth-order valence-corrected chi connectivity index (χ4v) is 4.05. The van der Waals surface area contributed by atoms with E-state index in [9.17, 15) is 4.79 Å². The summed E-state index contributed by atoms with van der Waals surface area (Å²) in [4.78, 5) is 12.5. The summed E-state index contributed by atoms with van der Waals surface area (Å²) in [6, 6.07) is 0. The van der Waals surface area contributed by atoms with Crippen LogP contribution in [0.1, 0.15) is 65.2 Å². The Morgan fingerprint density at radius 2 is 1.78 bits per heavy atom. The molecule has 3 aliphatic rings. The molecule has 2 unspecified atom stereocenters. The van der Waals surface area contributed by atoms with Gasteiger partial charge in [0.1, 0.15) is 5.78 Å². The first kappa shape index (κ1) is 12.7. The van der Waals surface area contributed by atoms with Gasteiger partial charge in [-0.1, -0.05) is 33.1 Å². The molecule has 0 amide bonds. The first-order valence-corrected chi connectivity index (χ1v) is 7.70. The first-order valence-electron chi connectivity index (χ1n) is 7.70. The number of ketones is 1. The monoisotopic (exact) mass is 250 g/mol. The summed E-state index contributed by atoms with van der Waals surface area (Å²) < 4.78 is 6.09. The Hall–Kier alpha value is -0.370. The molecule has 3 rings (SSSR count). The number of carbonyl (C=O) groups is 1. The number of Topliss-reactive ketones (excluding diaryl/α,β-unsaturated/α-hetero) is 1. The van der Waals surface area contributed by atoms with Crippen molar-refractivity contribution in [2.75, 3.05) is 6.61 Å². The van der Waals surface area contributed by atoms with E-state index in [1.807, 2.05) is 0 Å². The third-order valence-electron chi connectivity index (χ3n) is 5.52. The Morgan fingerprint density at radius 3 is 2.39 bits per heavy atom. The van der Waals surface area contributed by atoms with E-state index in [1.165, 1.54) is 32.1 Å². The van der Waals surface area contributed by atoms with Crippen molar-refractivity contribution in [2.24, 2.45) is 17.3 Å². The molecule has 1 heterocycles. The van der Waals surface area contributed by atoms with E-state index in [4.69, 9.17) is 4.74 Å². The normalized spacial score (nSPS) is 37.4. The molecule has 1 spiro atoms. The van der Waals surface area contributed by atoms with Crippen LogP contribution in [0.2, 0.25) is 0 Å². The van der Waals surface area contributed by atoms with Crippen LogP contribution in [-0.2, 0) is 9.53 Å². The topological polar surface area (TPSA) is 26.3 Å². The Morgan fingerprint density at radius 1 is 1.11 bits per heavy atom. The smallest absolute Gasteiger partial charge is 0.139 e. The van der Waals surface area contributed by atoms with Gasteiger partial charge in [-0.2, -0.15) is 0 Å². The second-order valence-corrected chi connectivity index (χ2v) is 7.43. The van der Waals surface area contributed by atoms with Gasteiger partial charge in [-0.3, -0.25) is 4.79 Å². The van der Waals surface area contributed by atoms with Crippen LogP contribution in [0.25, 0.3) is 0 Å². The van der Waals surface area contributed by atoms with Gasteiger partial charge >= 0.3 is 0 Å². The van der Waals surface area contributed by atoms with Crippen LogP contribution >= 0.6 is 0 Å². The van der Waals surface area contributed by atoms with Crippen molar-refractivity contribution in [1.82, 2.24) is 0 Å². The molecule has 3 fully saturated rings. The van der Waals surface area contributed by atoms with Crippen LogP contribution in [0, 0.1) is 17.3 Å². The second kappa shape index (κ2) is 4.33. The summed E-state index contributed by atoms with van der Waals surface area (Å²) in [5.41, 5.74) is 0.366. The van der Waals surface area contributed by atoms with E-state index >= 15 is 0 Å². The van der Waals surface area contributed by atoms with Crippen molar-refractivity contribution in [2.45, 2.75) is 70.8 Å². The molecule has 0 radical (unpaired) electrons. The van der Waals surface area contributed by atoms with Crippen molar-refractivity contribution in [3.8, 4) is 0 Å². The van der Waals surface area contributed by atoms with Crippen LogP contribution in [0.5, 0.6) is 0 Å². The Bertz CT molecular complexity index is 333. The molecule has 2 atom stereocenters.